The van der Waals surface area contributed by atoms with Crippen LogP contribution in [0.4, 0.5) is 5.69 Å². The number of hydrogen-bond acceptors (Lipinski definition) is 3. The van der Waals surface area contributed by atoms with Crippen LogP contribution in [0.25, 0.3) is 0 Å². The van der Waals surface area contributed by atoms with E-state index in [1.54, 1.807) is 0 Å². The predicted molar refractivity (Wildman–Crippen MR) is 69.6 cm³/mol. The van der Waals surface area contributed by atoms with Crippen LogP contribution in [-0.2, 0) is 0 Å². The third kappa shape index (κ3) is 2.42. The van der Waals surface area contributed by atoms with Crippen LogP contribution in [0.5, 0.6) is 0 Å². The molecule has 1 aliphatic heterocycles. The lowest BCUT2D eigenvalue weighted by molar-refractivity contribution is 0.0839. The second kappa shape index (κ2) is 4.04. The Bertz CT molecular complexity index is 454. The van der Waals surface area contributed by atoms with Crippen molar-refractivity contribution >= 4 is 11.5 Å². The number of anilines is 1. The quantitative estimate of drug-likeness (QED) is 0.531. The van der Waals surface area contributed by atoms with E-state index in [0.29, 0.717) is 6.54 Å². The van der Waals surface area contributed by atoms with Gasteiger partial charge in [-0.1, -0.05) is 11.6 Å². The van der Waals surface area contributed by atoms with Crippen LogP contribution in [0, 0.1) is 12.3 Å². The van der Waals surface area contributed by atoms with Gasteiger partial charge in [-0.2, -0.15) is 0 Å². The molecule has 1 unspecified atom stereocenters. The van der Waals surface area contributed by atoms with Gasteiger partial charge in [0.25, 0.3) is 0 Å². The second-order valence-corrected chi connectivity index (χ2v) is 5.10. The number of aliphatic hydroxyl groups is 1. The highest BCUT2D eigenvalue weighted by Crippen LogP contribution is 2.29. The lowest BCUT2D eigenvalue weighted by Crippen LogP contribution is -2.30. The molecule has 1 aromatic carbocycles. The Morgan fingerprint density at radius 2 is 2.24 bits per heavy atom. The first-order valence-corrected chi connectivity index (χ1v) is 5.81. The van der Waals surface area contributed by atoms with Crippen LogP contribution in [0.15, 0.2) is 18.2 Å². The van der Waals surface area contributed by atoms with E-state index < -0.39 is 5.60 Å². The van der Waals surface area contributed by atoms with E-state index in [1.807, 2.05) is 32.0 Å². The third-order valence-electron chi connectivity index (χ3n) is 3.23. The van der Waals surface area contributed by atoms with Gasteiger partial charge in [0.1, 0.15) is 5.84 Å². The summed E-state index contributed by atoms with van der Waals surface area (Å²) in [7, 11) is 0. The zero-order valence-corrected chi connectivity index (χ0v) is 10.3. The van der Waals surface area contributed by atoms with E-state index in [-0.39, 0.29) is 5.84 Å². The van der Waals surface area contributed by atoms with Gasteiger partial charge in [0.2, 0.25) is 0 Å². The Morgan fingerprint density at radius 1 is 1.53 bits per heavy atom. The maximum atomic E-state index is 9.98. The van der Waals surface area contributed by atoms with Gasteiger partial charge in [0.15, 0.2) is 0 Å². The normalized spacial score (nSPS) is 24.1. The Balaban J connectivity index is 2.36. The highest BCUT2D eigenvalue weighted by atomic mass is 16.3. The molecule has 0 aliphatic carbocycles. The Kier molecular flexibility index (Phi) is 2.83. The molecule has 1 aliphatic rings. The molecule has 92 valence electrons. The molecule has 1 aromatic rings. The molecule has 4 nitrogen and oxygen atoms in total. The largest absolute Gasteiger partial charge is 0.388 e. The van der Waals surface area contributed by atoms with Gasteiger partial charge in [-0.05, 0) is 32.4 Å². The molecule has 1 saturated heterocycles. The van der Waals surface area contributed by atoms with Crippen molar-refractivity contribution in [3.05, 3.63) is 29.3 Å². The summed E-state index contributed by atoms with van der Waals surface area (Å²) >= 11 is 0. The molecular weight excluding hydrogens is 214 g/mol. The van der Waals surface area contributed by atoms with Gasteiger partial charge in [0, 0.05) is 24.3 Å². The number of aryl methyl sites for hydroxylation is 1. The molecule has 1 atom stereocenters. The minimum Gasteiger partial charge on any atom is -0.388 e. The molecule has 2 rings (SSSR count). The number of β-amino-alcohol motifs (C(OH)–C–C–N with tert-alkyl or cyclic N) is 1. The first kappa shape index (κ1) is 11.9. The van der Waals surface area contributed by atoms with Gasteiger partial charge in [0.05, 0.1) is 5.60 Å². The topological polar surface area (TPSA) is 73.3 Å². The third-order valence-corrected chi connectivity index (χ3v) is 3.23. The smallest absolute Gasteiger partial charge is 0.124 e. The van der Waals surface area contributed by atoms with Crippen molar-refractivity contribution in [3.8, 4) is 0 Å². The lowest BCUT2D eigenvalue weighted by Gasteiger charge is -2.23. The molecule has 1 heterocycles. The summed E-state index contributed by atoms with van der Waals surface area (Å²) in [5.41, 5.74) is 7.76. The van der Waals surface area contributed by atoms with E-state index in [4.69, 9.17) is 11.1 Å². The van der Waals surface area contributed by atoms with Crippen LogP contribution < -0.4 is 10.6 Å². The van der Waals surface area contributed by atoms with E-state index >= 15 is 0 Å². The minimum atomic E-state index is -0.640. The fraction of sp³-hybridized carbons (Fsp3) is 0.462. The summed E-state index contributed by atoms with van der Waals surface area (Å²) in [4.78, 5) is 2.09. The highest BCUT2D eigenvalue weighted by molar-refractivity contribution is 6.00. The van der Waals surface area contributed by atoms with E-state index in [1.165, 1.54) is 0 Å². The average molecular weight is 233 g/mol. The number of benzene rings is 1. The summed E-state index contributed by atoms with van der Waals surface area (Å²) in [6, 6.07) is 5.91. The Morgan fingerprint density at radius 3 is 2.76 bits per heavy atom. The van der Waals surface area contributed by atoms with E-state index in [2.05, 4.69) is 4.90 Å². The Hall–Kier alpha value is -1.55. The number of amidine groups is 1. The van der Waals surface area contributed by atoms with Crippen LogP contribution in [0.1, 0.15) is 24.5 Å². The van der Waals surface area contributed by atoms with Crippen LogP contribution >= 0.6 is 0 Å². The van der Waals surface area contributed by atoms with Gasteiger partial charge < -0.3 is 15.7 Å². The molecule has 0 saturated carbocycles. The average Bonchev–Trinajstić information content (AvgIpc) is 2.58. The number of rotatable bonds is 2. The zero-order chi connectivity index (χ0) is 12.6. The number of nitrogen functional groups attached to an aromatic ring is 1. The summed E-state index contributed by atoms with van der Waals surface area (Å²) in [6.45, 7) is 5.22. The number of hydrogen-bond donors (Lipinski definition) is 3. The summed E-state index contributed by atoms with van der Waals surface area (Å²) < 4.78 is 0. The van der Waals surface area contributed by atoms with Crippen LogP contribution in [0.2, 0.25) is 0 Å². The summed E-state index contributed by atoms with van der Waals surface area (Å²) in [6.07, 6.45) is 0.748. The molecule has 0 bridgehead atoms. The molecule has 1 fully saturated rings. The van der Waals surface area contributed by atoms with Crippen molar-refractivity contribution in [1.82, 2.24) is 0 Å². The first-order valence-electron chi connectivity index (χ1n) is 5.81. The maximum Gasteiger partial charge on any atom is 0.124 e. The highest BCUT2D eigenvalue weighted by Gasteiger charge is 2.32. The molecule has 0 spiro atoms. The first-order chi connectivity index (χ1) is 7.89. The molecule has 4 heteroatoms. The molecule has 4 N–H and O–H groups in total. The maximum absolute atomic E-state index is 9.98. The van der Waals surface area contributed by atoms with Gasteiger partial charge >= 0.3 is 0 Å². The number of nitrogens with one attached hydrogen (secondary N) is 1. The fourth-order valence-electron chi connectivity index (χ4n) is 2.29. The SMILES string of the molecule is Cc1ccc(N2CCC(C)(O)C2)c(C(=N)N)c1. The summed E-state index contributed by atoms with van der Waals surface area (Å²) in [5.74, 6) is 0.0789. The van der Waals surface area contributed by atoms with E-state index in [0.717, 1.165) is 29.8 Å². The monoisotopic (exact) mass is 233 g/mol. The fourth-order valence-corrected chi connectivity index (χ4v) is 2.29. The summed E-state index contributed by atoms with van der Waals surface area (Å²) in [5, 5.41) is 17.6. The lowest BCUT2D eigenvalue weighted by atomic mass is 10.1. The zero-order valence-electron chi connectivity index (χ0n) is 10.3. The van der Waals surface area contributed by atoms with Crippen molar-refractivity contribution in [2.45, 2.75) is 25.9 Å². The van der Waals surface area contributed by atoms with E-state index in [9.17, 15) is 5.11 Å². The molecule has 0 aromatic heterocycles. The molecular formula is C13H19N3O. The molecule has 17 heavy (non-hydrogen) atoms. The van der Waals surface area contributed by atoms with Gasteiger partial charge in [-0.25, -0.2) is 0 Å². The van der Waals surface area contributed by atoms with Crippen LogP contribution in [0.3, 0.4) is 0 Å². The van der Waals surface area contributed by atoms with Gasteiger partial charge in [-0.3, -0.25) is 5.41 Å². The Labute approximate surface area is 102 Å². The minimum absolute atomic E-state index is 0.0789. The van der Waals surface area contributed by atoms with Crippen molar-refractivity contribution in [1.29, 1.82) is 5.41 Å². The van der Waals surface area contributed by atoms with Crippen molar-refractivity contribution in [3.63, 3.8) is 0 Å². The van der Waals surface area contributed by atoms with Gasteiger partial charge in [-0.15, -0.1) is 0 Å². The number of nitrogens with zero attached hydrogens (tertiary/aromatic N) is 1. The standard InChI is InChI=1S/C13H19N3O/c1-9-3-4-11(10(7-9)12(14)15)16-6-5-13(2,17)8-16/h3-4,7,17H,5-6,8H2,1-2H3,(H3,14,15). The van der Waals surface area contributed by atoms with Crippen molar-refractivity contribution in [2.75, 3.05) is 18.0 Å². The molecule has 0 radical (unpaired) electrons. The second-order valence-electron chi connectivity index (χ2n) is 5.10. The van der Waals surface area contributed by atoms with Crippen molar-refractivity contribution in [2.24, 2.45) is 5.73 Å². The number of nitrogens with two attached hydrogens (primary N) is 1. The molecule has 0 amide bonds. The van der Waals surface area contributed by atoms with Crippen LogP contribution in [-0.4, -0.2) is 29.6 Å². The predicted octanol–water partition coefficient (Wildman–Crippen LogP) is 1.24. The van der Waals surface area contributed by atoms with Crippen molar-refractivity contribution < 1.29 is 5.11 Å².